The van der Waals surface area contributed by atoms with Gasteiger partial charge in [-0.25, -0.2) is 22.0 Å². The Morgan fingerprint density at radius 3 is 2.37 bits per heavy atom. The number of amides is 1. The number of hydrogen-bond acceptors (Lipinski definition) is 2. The van der Waals surface area contributed by atoms with Gasteiger partial charge in [0.25, 0.3) is 0 Å². The lowest BCUT2D eigenvalue weighted by Crippen LogP contribution is -2.29. The van der Waals surface area contributed by atoms with Crippen LogP contribution in [0.5, 0.6) is 0 Å². The summed E-state index contributed by atoms with van der Waals surface area (Å²) in [6.45, 7) is 1.17. The first kappa shape index (κ1) is 19.0. The van der Waals surface area contributed by atoms with E-state index in [1.165, 1.54) is 6.92 Å². The normalized spacial score (nSPS) is 19.3. The predicted molar refractivity (Wildman–Crippen MR) is 85.4 cm³/mol. The van der Waals surface area contributed by atoms with E-state index in [1.54, 1.807) is 0 Å². The van der Waals surface area contributed by atoms with Crippen molar-refractivity contribution >= 4 is 11.7 Å². The Bertz CT molecular complexity index is 944. The molecule has 2 aromatic rings. The van der Waals surface area contributed by atoms with E-state index >= 15 is 0 Å². The maximum absolute atomic E-state index is 14.4. The Hall–Kier alpha value is -2.77. The molecule has 1 aliphatic heterocycles. The lowest BCUT2D eigenvalue weighted by molar-refractivity contribution is -0.131. The summed E-state index contributed by atoms with van der Waals surface area (Å²) in [6.07, 6.45) is -0.667. The lowest BCUT2D eigenvalue weighted by Gasteiger charge is -2.18. The van der Waals surface area contributed by atoms with Crippen molar-refractivity contribution in [3.8, 4) is 0 Å². The van der Waals surface area contributed by atoms with Gasteiger partial charge in [0, 0.05) is 24.4 Å². The molecule has 0 unspecified atom stereocenters. The van der Waals surface area contributed by atoms with Crippen molar-refractivity contribution in [3.05, 3.63) is 70.0 Å². The van der Waals surface area contributed by atoms with E-state index in [2.05, 4.69) is 5.32 Å². The average molecular weight is 383 g/mol. The maximum Gasteiger partial charge on any atom is 0.231 e. The van der Waals surface area contributed by atoms with Crippen LogP contribution in [-0.4, -0.2) is 18.2 Å². The van der Waals surface area contributed by atoms with Gasteiger partial charge in [0.2, 0.25) is 5.91 Å². The van der Waals surface area contributed by atoms with Gasteiger partial charge in [-0.3, -0.25) is 9.59 Å². The van der Waals surface area contributed by atoms with Crippen LogP contribution in [0.25, 0.3) is 0 Å². The van der Waals surface area contributed by atoms with Gasteiger partial charge >= 0.3 is 0 Å². The Labute approximate surface area is 151 Å². The molecule has 0 saturated carbocycles. The second kappa shape index (κ2) is 7.09. The van der Waals surface area contributed by atoms with E-state index in [4.69, 9.17) is 0 Å². The van der Waals surface area contributed by atoms with E-state index in [0.717, 1.165) is 18.2 Å². The van der Waals surface area contributed by atoms with Crippen LogP contribution in [0.1, 0.15) is 22.6 Å². The van der Waals surface area contributed by atoms with Crippen LogP contribution in [0, 0.1) is 41.9 Å². The Morgan fingerprint density at radius 1 is 1.00 bits per heavy atom. The van der Waals surface area contributed by atoms with Crippen LogP contribution < -0.4 is 5.32 Å². The topological polar surface area (TPSA) is 46.2 Å². The summed E-state index contributed by atoms with van der Waals surface area (Å²) in [5, 5.41) is 2.43. The molecule has 0 radical (unpaired) electrons. The molecule has 0 aliphatic carbocycles. The third-order valence-corrected chi connectivity index (χ3v) is 4.76. The molecular formula is C19H14F5NO2. The first-order valence-electron chi connectivity index (χ1n) is 8.09. The summed E-state index contributed by atoms with van der Waals surface area (Å²) in [5.74, 6) is -9.99. The van der Waals surface area contributed by atoms with E-state index in [0.29, 0.717) is 6.07 Å². The number of benzene rings is 2. The van der Waals surface area contributed by atoms with Gasteiger partial charge in [0.1, 0.15) is 23.3 Å². The first-order valence-corrected chi connectivity index (χ1v) is 8.09. The minimum atomic E-state index is -1.71. The van der Waals surface area contributed by atoms with E-state index in [1.807, 2.05) is 0 Å². The number of carbonyl (C=O) groups excluding carboxylic acids is 2. The minimum Gasteiger partial charge on any atom is -0.355 e. The second-order valence-electron chi connectivity index (χ2n) is 6.38. The van der Waals surface area contributed by atoms with Gasteiger partial charge in [0.05, 0.1) is 0 Å². The average Bonchev–Trinajstić information content (AvgIpc) is 3.01. The molecule has 0 spiro atoms. The maximum atomic E-state index is 14.4. The number of nitrogens with one attached hydrogen (secondary N) is 1. The van der Waals surface area contributed by atoms with Crippen LogP contribution in [0.2, 0.25) is 0 Å². The van der Waals surface area contributed by atoms with E-state index in [-0.39, 0.29) is 17.7 Å². The standard InChI is InChI=1S/C19H14F5NO2/c1-8-12(20)5-3-10(16(8)22)11-7-25-19(27)15(11)14(26)6-9-2-4-13(21)18(24)17(9)23/h2-5,11,15H,6-7H2,1H3,(H,25,27)/t11-,15+/m1/s1. The van der Waals surface area contributed by atoms with Gasteiger partial charge in [-0.1, -0.05) is 12.1 Å². The predicted octanol–water partition coefficient (Wildman–Crippen LogP) is 3.33. The van der Waals surface area contributed by atoms with Crippen molar-refractivity contribution in [2.75, 3.05) is 6.54 Å². The van der Waals surface area contributed by atoms with Crippen molar-refractivity contribution in [2.24, 2.45) is 5.92 Å². The second-order valence-corrected chi connectivity index (χ2v) is 6.38. The summed E-state index contributed by atoms with van der Waals surface area (Å²) in [4.78, 5) is 24.7. The number of carbonyl (C=O) groups is 2. The van der Waals surface area contributed by atoms with Crippen molar-refractivity contribution in [1.82, 2.24) is 5.32 Å². The Balaban J connectivity index is 1.92. The summed E-state index contributed by atoms with van der Waals surface area (Å²) >= 11 is 0. The van der Waals surface area contributed by atoms with Crippen LogP contribution in [0.4, 0.5) is 22.0 Å². The molecule has 0 bridgehead atoms. The van der Waals surface area contributed by atoms with Gasteiger partial charge < -0.3 is 5.32 Å². The summed E-state index contributed by atoms with van der Waals surface area (Å²) in [6, 6.07) is 3.78. The third kappa shape index (κ3) is 3.31. The number of hydrogen-bond donors (Lipinski definition) is 1. The molecule has 27 heavy (non-hydrogen) atoms. The molecule has 3 rings (SSSR count). The molecule has 1 aliphatic rings. The molecule has 1 fully saturated rings. The molecule has 2 aromatic carbocycles. The molecule has 1 heterocycles. The molecule has 8 heteroatoms. The lowest BCUT2D eigenvalue weighted by atomic mass is 9.83. The zero-order valence-electron chi connectivity index (χ0n) is 14.1. The number of rotatable bonds is 4. The molecule has 3 nitrogen and oxygen atoms in total. The van der Waals surface area contributed by atoms with Gasteiger partial charge in [-0.2, -0.15) is 0 Å². The number of halogens is 5. The van der Waals surface area contributed by atoms with E-state index in [9.17, 15) is 31.5 Å². The summed E-state index contributed by atoms with van der Waals surface area (Å²) in [7, 11) is 0. The fraction of sp³-hybridized carbons (Fsp3) is 0.263. The summed E-state index contributed by atoms with van der Waals surface area (Å²) < 4.78 is 68.1. The Kier molecular flexibility index (Phi) is 4.99. The SMILES string of the molecule is Cc1c(F)ccc([C@H]2CNC(=O)[C@@H]2C(=O)Cc2ccc(F)c(F)c2F)c1F. The van der Waals surface area contributed by atoms with Crippen LogP contribution in [0.3, 0.4) is 0 Å². The van der Waals surface area contributed by atoms with Gasteiger partial charge in [-0.15, -0.1) is 0 Å². The fourth-order valence-electron chi connectivity index (χ4n) is 3.25. The third-order valence-electron chi connectivity index (χ3n) is 4.76. The van der Waals surface area contributed by atoms with Gasteiger partial charge in [-0.05, 0) is 30.2 Å². The van der Waals surface area contributed by atoms with Crippen LogP contribution in [-0.2, 0) is 16.0 Å². The Morgan fingerprint density at radius 2 is 1.67 bits per heavy atom. The largest absolute Gasteiger partial charge is 0.355 e. The van der Waals surface area contributed by atoms with Crippen molar-refractivity contribution in [2.45, 2.75) is 19.3 Å². The van der Waals surface area contributed by atoms with Crippen molar-refractivity contribution < 1.29 is 31.5 Å². The minimum absolute atomic E-state index is 0.0173. The van der Waals surface area contributed by atoms with E-state index < -0.39 is 64.6 Å². The zero-order valence-corrected chi connectivity index (χ0v) is 14.1. The van der Waals surface area contributed by atoms with Gasteiger partial charge in [0.15, 0.2) is 17.5 Å². The van der Waals surface area contributed by atoms with Crippen molar-refractivity contribution in [1.29, 1.82) is 0 Å². The fourth-order valence-corrected chi connectivity index (χ4v) is 3.25. The van der Waals surface area contributed by atoms with Crippen LogP contribution in [0.15, 0.2) is 24.3 Å². The smallest absolute Gasteiger partial charge is 0.231 e. The van der Waals surface area contributed by atoms with Crippen LogP contribution >= 0.6 is 0 Å². The molecule has 1 amide bonds. The highest BCUT2D eigenvalue weighted by atomic mass is 19.2. The number of ketones is 1. The molecule has 142 valence electrons. The highest BCUT2D eigenvalue weighted by molar-refractivity contribution is 6.04. The van der Waals surface area contributed by atoms with Crippen molar-refractivity contribution in [3.63, 3.8) is 0 Å². The highest BCUT2D eigenvalue weighted by Gasteiger charge is 2.42. The zero-order chi connectivity index (χ0) is 19.9. The summed E-state index contributed by atoms with van der Waals surface area (Å²) in [5.41, 5.74) is -0.672. The highest BCUT2D eigenvalue weighted by Crippen LogP contribution is 2.34. The number of Topliss-reactive ketones (excluding diaryl/α,β-unsaturated/α-hetero) is 1. The molecular weight excluding hydrogens is 369 g/mol. The quantitative estimate of drug-likeness (QED) is 0.500. The molecule has 2 atom stereocenters. The first-order chi connectivity index (χ1) is 12.7. The molecule has 1 N–H and O–H groups in total. The molecule has 1 saturated heterocycles. The molecule has 0 aromatic heterocycles. The monoisotopic (exact) mass is 383 g/mol.